The number of carbonyl (C=O) groups is 3. The van der Waals surface area contributed by atoms with Crippen LogP contribution >= 0.6 is 0 Å². The van der Waals surface area contributed by atoms with Gasteiger partial charge >= 0.3 is 5.97 Å². The third-order valence-corrected chi connectivity index (χ3v) is 9.97. The lowest BCUT2D eigenvalue weighted by Gasteiger charge is -2.26. The fraction of sp³-hybridized carbons (Fsp3) is 0.220. The number of nitrogens with zero attached hydrogens (tertiary/aromatic N) is 3. The molecule has 300 valence electrons. The standard InChI is InChI=1S/C41H40N6O10S/c1-41(2,18-8-9-19-55-36-22-30(20-31(44-36)26-10-4-3-5-11-26)27-14-16-32-33(21-27)57-25-56-32)40(51)46-37(39(49)50)45-38(48)29-15-17-35(42-23-29)47-43-24-28-12-6-7-13-34(28)58(52,53)54/h3-7,10-17,20-24,37H,8-9,18-19,25H2,1-2H3,(H,42,47)(H,45,48)(H,46,51)(H,49,50)(H,52,53,54)/b43-24+/t37-/m0/s1. The zero-order valence-corrected chi connectivity index (χ0v) is 32.2. The van der Waals surface area contributed by atoms with Gasteiger partial charge in [-0.25, -0.2) is 14.8 Å². The third-order valence-electron chi connectivity index (χ3n) is 9.04. The number of hydrogen-bond acceptors (Lipinski definition) is 12. The van der Waals surface area contributed by atoms with Crippen molar-refractivity contribution >= 4 is 39.9 Å². The average Bonchev–Trinajstić information content (AvgIpc) is 3.69. The molecule has 0 fully saturated rings. The number of rotatable bonds is 17. The van der Waals surface area contributed by atoms with Crippen LogP contribution in [0.15, 0.2) is 113 Å². The summed E-state index contributed by atoms with van der Waals surface area (Å²) >= 11 is 0. The van der Waals surface area contributed by atoms with E-state index in [2.05, 4.69) is 26.1 Å². The molecule has 0 unspecified atom stereocenters. The number of hydrazone groups is 1. The third kappa shape index (κ3) is 10.5. The first-order chi connectivity index (χ1) is 27.8. The molecule has 0 saturated heterocycles. The van der Waals surface area contributed by atoms with Gasteiger partial charge < -0.3 is 30.0 Å². The van der Waals surface area contributed by atoms with Gasteiger partial charge in [-0.3, -0.25) is 19.6 Å². The van der Waals surface area contributed by atoms with Crippen LogP contribution in [0, 0.1) is 5.41 Å². The molecule has 3 heterocycles. The summed E-state index contributed by atoms with van der Waals surface area (Å²) in [6.07, 6.45) is 2.15. The fourth-order valence-corrected chi connectivity index (χ4v) is 6.49. The van der Waals surface area contributed by atoms with Crippen molar-refractivity contribution in [3.63, 3.8) is 0 Å². The van der Waals surface area contributed by atoms with Gasteiger partial charge in [-0.2, -0.15) is 13.5 Å². The maximum Gasteiger partial charge on any atom is 0.347 e. The largest absolute Gasteiger partial charge is 0.478 e. The van der Waals surface area contributed by atoms with Crippen LogP contribution in [-0.4, -0.2) is 71.6 Å². The molecule has 16 nitrogen and oxygen atoms in total. The van der Waals surface area contributed by atoms with Gasteiger partial charge in [-0.05, 0) is 66.8 Å². The van der Waals surface area contributed by atoms with Crippen LogP contribution in [0.3, 0.4) is 0 Å². The molecule has 1 atom stereocenters. The van der Waals surface area contributed by atoms with Gasteiger partial charge in [0.1, 0.15) is 10.7 Å². The minimum absolute atomic E-state index is 0.00202. The van der Waals surface area contributed by atoms with Gasteiger partial charge in [0.2, 0.25) is 24.7 Å². The number of carbonyl (C=O) groups excluding carboxylic acids is 2. The summed E-state index contributed by atoms with van der Waals surface area (Å²) < 4.78 is 49.7. The molecule has 2 amide bonds. The Morgan fingerprint density at radius 3 is 2.40 bits per heavy atom. The number of fused-ring (bicyclic) bond motifs is 1. The molecular weight excluding hydrogens is 769 g/mol. The van der Waals surface area contributed by atoms with Crippen LogP contribution in [0.4, 0.5) is 5.82 Å². The second-order valence-corrected chi connectivity index (χ2v) is 15.1. The van der Waals surface area contributed by atoms with Crippen LogP contribution in [0.1, 0.15) is 49.0 Å². The van der Waals surface area contributed by atoms with E-state index in [-0.39, 0.29) is 28.6 Å². The van der Waals surface area contributed by atoms with E-state index in [0.29, 0.717) is 43.2 Å². The van der Waals surface area contributed by atoms with Crippen molar-refractivity contribution in [2.45, 2.75) is 44.2 Å². The van der Waals surface area contributed by atoms with Crippen LogP contribution < -0.4 is 30.3 Å². The Hall–Kier alpha value is -6.85. The number of carboxylic acid groups (broad SMARTS) is 1. The first-order valence-corrected chi connectivity index (χ1v) is 19.5. The van der Waals surface area contributed by atoms with Gasteiger partial charge in [0.05, 0.1) is 24.1 Å². The summed E-state index contributed by atoms with van der Waals surface area (Å²) in [7, 11) is -4.47. The molecule has 6 rings (SSSR count). The highest BCUT2D eigenvalue weighted by Crippen LogP contribution is 2.37. The summed E-state index contributed by atoms with van der Waals surface area (Å²) in [4.78, 5) is 46.7. The molecule has 1 aliphatic heterocycles. The number of hydrogen-bond donors (Lipinski definition) is 5. The Labute approximate surface area is 334 Å². The average molecular weight is 809 g/mol. The molecule has 0 bridgehead atoms. The fourth-order valence-electron chi connectivity index (χ4n) is 5.82. The molecule has 0 spiro atoms. The van der Waals surface area contributed by atoms with Gasteiger partial charge in [0.25, 0.3) is 16.0 Å². The Morgan fingerprint density at radius 1 is 0.897 bits per heavy atom. The molecular formula is C41H40N6O10S. The number of unbranched alkanes of at least 4 members (excludes halogenated alkanes) is 1. The topological polar surface area (TPSA) is 228 Å². The lowest BCUT2D eigenvalue weighted by atomic mass is 9.86. The van der Waals surface area contributed by atoms with Crippen LogP contribution in [0.25, 0.3) is 22.4 Å². The highest BCUT2D eigenvalue weighted by molar-refractivity contribution is 7.86. The summed E-state index contributed by atoms with van der Waals surface area (Å²) in [6, 6.07) is 27.7. The van der Waals surface area contributed by atoms with Crippen molar-refractivity contribution < 1.29 is 46.7 Å². The minimum atomic E-state index is -4.47. The maximum absolute atomic E-state index is 13.3. The SMILES string of the molecule is CC(C)(CCCCOc1cc(-c2ccc3c(c2)OCO3)cc(-c2ccccc2)n1)C(=O)N[C@H](NC(=O)c1ccc(N/N=C/c2ccccc2S(=O)(=O)O)nc1)C(=O)O. The minimum Gasteiger partial charge on any atom is -0.478 e. The normalized spacial score (nSPS) is 12.8. The van der Waals surface area contributed by atoms with Crippen molar-refractivity contribution in [3.05, 3.63) is 114 Å². The van der Waals surface area contributed by atoms with E-state index in [4.69, 9.17) is 19.2 Å². The summed E-state index contributed by atoms with van der Waals surface area (Å²) in [5.41, 5.74) is 5.16. The van der Waals surface area contributed by atoms with Crippen molar-refractivity contribution in [2.24, 2.45) is 10.5 Å². The Bertz CT molecular complexity index is 2430. The molecule has 2 aromatic heterocycles. The van der Waals surface area contributed by atoms with E-state index in [0.717, 1.165) is 28.6 Å². The Balaban J connectivity index is 0.998. The summed E-state index contributed by atoms with van der Waals surface area (Å²) in [5.74, 6) is -0.896. The molecule has 3 aromatic carbocycles. The lowest BCUT2D eigenvalue weighted by molar-refractivity contribution is -0.144. The van der Waals surface area contributed by atoms with Crippen LogP contribution in [0.5, 0.6) is 17.4 Å². The summed E-state index contributed by atoms with van der Waals surface area (Å²) in [5, 5.41) is 18.4. The number of aromatic nitrogens is 2. The van der Waals surface area contributed by atoms with E-state index in [9.17, 15) is 32.5 Å². The highest BCUT2D eigenvalue weighted by Gasteiger charge is 2.32. The highest BCUT2D eigenvalue weighted by atomic mass is 32.2. The van der Waals surface area contributed by atoms with E-state index in [1.165, 1.54) is 36.5 Å². The maximum atomic E-state index is 13.3. The second kappa shape index (κ2) is 18.0. The first-order valence-electron chi connectivity index (χ1n) is 18.0. The molecule has 5 aromatic rings. The molecule has 1 aliphatic rings. The van der Waals surface area contributed by atoms with E-state index >= 15 is 0 Å². The first kappa shape index (κ1) is 40.8. The predicted octanol–water partition coefficient (Wildman–Crippen LogP) is 5.76. The number of pyridine rings is 2. The van der Waals surface area contributed by atoms with Crippen molar-refractivity contribution in [1.82, 2.24) is 20.6 Å². The monoisotopic (exact) mass is 808 g/mol. The zero-order chi connectivity index (χ0) is 41.3. The Morgan fingerprint density at radius 2 is 1.66 bits per heavy atom. The molecule has 5 N–H and O–H groups in total. The number of amides is 2. The molecule has 0 saturated carbocycles. The number of ether oxygens (including phenoxy) is 3. The van der Waals surface area contributed by atoms with Crippen molar-refractivity contribution in [3.8, 4) is 39.8 Å². The smallest absolute Gasteiger partial charge is 0.347 e. The van der Waals surface area contributed by atoms with Gasteiger partial charge in [0.15, 0.2) is 11.5 Å². The number of nitrogens with one attached hydrogen (secondary N) is 3. The van der Waals surface area contributed by atoms with Crippen LogP contribution in [-0.2, 0) is 19.7 Å². The molecule has 58 heavy (non-hydrogen) atoms. The van der Waals surface area contributed by atoms with E-state index < -0.39 is 39.5 Å². The van der Waals surface area contributed by atoms with E-state index in [1.54, 1.807) is 19.9 Å². The Kier molecular flexibility index (Phi) is 12.6. The molecule has 0 radical (unpaired) electrons. The zero-order valence-electron chi connectivity index (χ0n) is 31.4. The van der Waals surface area contributed by atoms with Gasteiger partial charge in [-0.15, -0.1) is 0 Å². The molecule has 0 aliphatic carbocycles. The van der Waals surface area contributed by atoms with Gasteiger partial charge in [-0.1, -0.05) is 68.4 Å². The lowest BCUT2D eigenvalue weighted by Crippen LogP contribution is -2.55. The number of benzene rings is 3. The van der Waals surface area contributed by atoms with Crippen molar-refractivity contribution in [1.29, 1.82) is 0 Å². The number of anilines is 1. The van der Waals surface area contributed by atoms with E-state index in [1.807, 2.05) is 60.7 Å². The van der Waals surface area contributed by atoms with Crippen LogP contribution in [0.2, 0.25) is 0 Å². The molecule has 17 heteroatoms. The van der Waals surface area contributed by atoms with Crippen molar-refractivity contribution in [2.75, 3.05) is 18.8 Å². The summed E-state index contributed by atoms with van der Waals surface area (Å²) in [6.45, 7) is 3.86. The number of aliphatic carboxylic acids is 1. The number of carboxylic acids is 1. The predicted molar refractivity (Wildman–Crippen MR) is 213 cm³/mol. The second-order valence-electron chi connectivity index (χ2n) is 13.7. The van der Waals surface area contributed by atoms with Gasteiger partial charge in [0, 0.05) is 28.8 Å². The quantitative estimate of drug-likeness (QED) is 0.0248.